The third kappa shape index (κ3) is 1.39. The minimum atomic E-state index is -0.291. The number of aromatic nitrogens is 2. The number of anilines is 1. The summed E-state index contributed by atoms with van der Waals surface area (Å²) in [6.07, 6.45) is 4.19. The fraction of sp³-hybridized carbons (Fsp3) is 0.438. The van der Waals surface area contributed by atoms with Gasteiger partial charge in [-0.05, 0) is 44.4 Å². The van der Waals surface area contributed by atoms with E-state index in [1.54, 1.807) is 0 Å². The highest BCUT2D eigenvalue weighted by Crippen LogP contribution is 2.49. The minimum Gasteiger partial charge on any atom is -0.325 e. The molecule has 20 heavy (non-hydrogen) atoms. The number of carbonyl (C=O) groups excluding carboxylic acids is 1. The van der Waals surface area contributed by atoms with Gasteiger partial charge in [0.1, 0.15) is 5.82 Å². The molecule has 1 aliphatic heterocycles. The Morgan fingerprint density at radius 2 is 1.90 bits per heavy atom. The number of carbonyl (C=O) groups is 1. The molecular weight excluding hydrogens is 250 g/mol. The summed E-state index contributed by atoms with van der Waals surface area (Å²) in [5, 5.41) is 4.13. The molecule has 1 amide bonds. The molecule has 4 nitrogen and oxygen atoms in total. The van der Waals surface area contributed by atoms with Crippen LogP contribution in [-0.4, -0.2) is 15.9 Å². The van der Waals surface area contributed by atoms with Gasteiger partial charge in [-0.15, -0.1) is 0 Å². The second-order valence-corrected chi connectivity index (χ2v) is 6.01. The van der Waals surface area contributed by atoms with Gasteiger partial charge in [0.15, 0.2) is 0 Å². The van der Waals surface area contributed by atoms with Crippen LogP contribution in [-0.2, 0) is 10.2 Å². The first-order valence-electron chi connectivity index (χ1n) is 7.21. The highest BCUT2D eigenvalue weighted by molar-refractivity contribution is 6.08. The predicted molar refractivity (Wildman–Crippen MR) is 77.8 cm³/mol. The van der Waals surface area contributed by atoms with Crippen molar-refractivity contribution >= 4 is 22.5 Å². The average Bonchev–Trinajstić information content (AvgIpc) is 2.96. The number of hydrogen-bond donors (Lipinski definition) is 1. The van der Waals surface area contributed by atoms with Crippen LogP contribution in [0.2, 0.25) is 0 Å². The maximum Gasteiger partial charge on any atom is 0.235 e. The van der Waals surface area contributed by atoms with Crippen molar-refractivity contribution < 1.29 is 4.79 Å². The van der Waals surface area contributed by atoms with Crippen molar-refractivity contribution in [2.45, 2.75) is 44.9 Å². The Morgan fingerprint density at radius 3 is 2.65 bits per heavy atom. The lowest BCUT2D eigenvalue weighted by Gasteiger charge is -2.20. The van der Waals surface area contributed by atoms with E-state index in [0.717, 1.165) is 59.4 Å². The number of hydrogen-bond acceptors (Lipinski definition) is 3. The molecule has 1 fully saturated rings. The van der Waals surface area contributed by atoms with Crippen molar-refractivity contribution in [1.29, 1.82) is 0 Å². The molecule has 2 heterocycles. The standard InChI is InChI=1S/C16H17N3O/c1-9-11-7-12-14(8-13(11)18-10(2)17-9)19-15(20)16(12)5-3-4-6-16/h7-8H,3-6H2,1-2H3,(H,19,20). The fourth-order valence-corrected chi connectivity index (χ4v) is 3.81. The molecular formula is C16H17N3O. The number of nitrogens with one attached hydrogen (secondary N) is 1. The van der Waals surface area contributed by atoms with Crippen LogP contribution < -0.4 is 5.32 Å². The Hall–Kier alpha value is -1.97. The van der Waals surface area contributed by atoms with E-state index in [2.05, 4.69) is 21.4 Å². The summed E-state index contributed by atoms with van der Waals surface area (Å²) >= 11 is 0. The molecule has 1 aromatic heterocycles. The zero-order chi connectivity index (χ0) is 13.9. The van der Waals surface area contributed by atoms with Crippen molar-refractivity contribution in [3.63, 3.8) is 0 Å². The zero-order valence-electron chi connectivity index (χ0n) is 11.8. The number of aryl methyl sites for hydroxylation is 2. The lowest BCUT2D eigenvalue weighted by atomic mass is 9.79. The van der Waals surface area contributed by atoms with E-state index >= 15 is 0 Å². The summed E-state index contributed by atoms with van der Waals surface area (Å²) in [5.41, 5.74) is 3.72. The number of fused-ring (bicyclic) bond motifs is 3. The molecule has 1 aromatic carbocycles. The first-order valence-corrected chi connectivity index (χ1v) is 7.21. The molecule has 0 atom stereocenters. The first-order chi connectivity index (χ1) is 9.60. The molecule has 0 saturated heterocycles. The highest BCUT2D eigenvalue weighted by Gasteiger charge is 2.48. The van der Waals surface area contributed by atoms with E-state index in [0.29, 0.717) is 0 Å². The van der Waals surface area contributed by atoms with E-state index in [1.807, 2.05) is 19.9 Å². The van der Waals surface area contributed by atoms with Gasteiger partial charge in [0.05, 0.1) is 10.9 Å². The van der Waals surface area contributed by atoms with E-state index in [-0.39, 0.29) is 11.3 Å². The minimum absolute atomic E-state index is 0.169. The molecule has 102 valence electrons. The monoisotopic (exact) mass is 267 g/mol. The molecule has 4 heteroatoms. The van der Waals surface area contributed by atoms with Gasteiger partial charge >= 0.3 is 0 Å². The molecule has 2 aromatic rings. The molecule has 1 aliphatic carbocycles. The number of rotatable bonds is 0. The van der Waals surface area contributed by atoms with Crippen LogP contribution in [0.3, 0.4) is 0 Å². The van der Waals surface area contributed by atoms with Gasteiger partial charge in [-0.25, -0.2) is 9.97 Å². The normalized spacial score (nSPS) is 19.6. The Kier molecular flexibility index (Phi) is 2.23. The van der Waals surface area contributed by atoms with Gasteiger partial charge in [-0.3, -0.25) is 4.79 Å². The molecule has 2 aliphatic rings. The first kappa shape index (κ1) is 11.8. The molecule has 4 rings (SSSR count). The van der Waals surface area contributed by atoms with Crippen LogP contribution in [0.1, 0.15) is 42.8 Å². The van der Waals surface area contributed by atoms with Crippen LogP contribution in [0.25, 0.3) is 10.9 Å². The quantitative estimate of drug-likeness (QED) is 0.798. The summed E-state index contributed by atoms with van der Waals surface area (Å²) in [5.74, 6) is 0.942. The zero-order valence-corrected chi connectivity index (χ0v) is 11.8. The van der Waals surface area contributed by atoms with Crippen molar-refractivity contribution in [3.05, 3.63) is 29.2 Å². The maximum absolute atomic E-state index is 12.4. The lowest BCUT2D eigenvalue weighted by molar-refractivity contribution is -0.120. The largest absolute Gasteiger partial charge is 0.325 e. The molecule has 0 bridgehead atoms. The van der Waals surface area contributed by atoms with Gasteiger partial charge in [0, 0.05) is 16.8 Å². The van der Waals surface area contributed by atoms with Gasteiger partial charge in [-0.1, -0.05) is 12.8 Å². The van der Waals surface area contributed by atoms with Crippen LogP contribution >= 0.6 is 0 Å². The number of nitrogens with zero attached hydrogens (tertiary/aromatic N) is 2. The van der Waals surface area contributed by atoms with Crippen molar-refractivity contribution in [2.24, 2.45) is 0 Å². The van der Waals surface area contributed by atoms with Crippen LogP contribution in [0.15, 0.2) is 12.1 Å². The summed E-state index contributed by atoms with van der Waals surface area (Å²) in [7, 11) is 0. The Morgan fingerprint density at radius 1 is 1.15 bits per heavy atom. The smallest absolute Gasteiger partial charge is 0.235 e. The molecule has 0 unspecified atom stereocenters. The summed E-state index contributed by atoms with van der Waals surface area (Å²) in [6.45, 7) is 3.91. The van der Waals surface area contributed by atoms with Gasteiger partial charge in [-0.2, -0.15) is 0 Å². The molecule has 1 N–H and O–H groups in total. The second kappa shape index (κ2) is 3.78. The summed E-state index contributed by atoms with van der Waals surface area (Å²) in [6, 6.07) is 4.15. The average molecular weight is 267 g/mol. The number of benzene rings is 1. The van der Waals surface area contributed by atoms with E-state index in [4.69, 9.17) is 0 Å². The van der Waals surface area contributed by atoms with Crippen molar-refractivity contribution in [2.75, 3.05) is 5.32 Å². The molecule has 0 radical (unpaired) electrons. The predicted octanol–water partition coefficient (Wildman–Crippen LogP) is 3.01. The molecule has 1 saturated carbocycles. The topological polar surface area (TPSA) is 54.9 Å². The van der Waals surface area contributed by atoms with Gasteiger partial charge in [0.2, 0.25) is 5.91 Å². The maximum atomic E-state index is 12.4. The van der Waals surface area contributed by atoms with Crippen molar-refractivity contribution in [3.8, 4) is 0 Å². The highest BCUT2D eigenvalue weighted by atomic mass is 16.2. The third-order valence-electron chi connectivity index (χ3n) is 4.79. The third-order valence-corrected chi connectivity index (χ3v) is 4.79. The summed E-state index contributed by atoms with van der Waals surface area (Å²) in [4.78, 5) is 21.4. The van der Waals surface area contributed by atoms with Crippen LogP contribution in [0.4, 0.5) is 5.69 Å². The SMILES string of the molecule is Cc1nc(C)c2cc3c(cc2n1)NC(=O)C31CCCC1. The lowest BCUT2D eigenvalue weighted by Crippen LogP contribution is -2.30. The van der Waals surface area contributed by atoms with E-state index in [1.165, 1.54) is 0 Å². The summed E-state index contributed by atoms with van der Waals surface area (Å²) < 4.78 is 0. The molecule has 1 spiro atoms. The van der Waals surface area contributed by atoms with Gasteiger partial charge < -0.3 is 5.32 Å². The van der Waals surface area contributed by atoms with Crippen LogP contribution in [0.5, 0.6) is 0 Å². The van der Waals surface area contributed by atoms with Crippen molar-refractivity contribution in [1.82, 2.24) is 9.97 Å². The van der Waals surface area contributed by atoms with Gasteiger partial charge in [0.25, 0.3) is 0 Å². The fourth-order valence-electron chi connectivity index (χ4n) is 3.81. The van der Waals surface area contributed by atoms with E-state index < -0.39 is 0 Å². The van der Waals surface area contributed by atoms with E-state index in [9.17, 15) is 4.79 Å². The Bertz CT molecular complexity index is 745. The second-order valence-electron chi connectivity index (χ2n) is 6.01. The number of amides is 1. The van der Waals surface area contributed by atoms with Crippen LogP contribution in [0, 0.1) is 13.8 Å². The Labute approximate surface area is 117 Å². The Balaban J connectivity index is 2.02.